The molecular weight excluding hydrogens is 302 g/mol. The standard InChI is InChI=1S/C16H14ClN3O2/c1-22-14-7-13-10(6-12(14)18)16(19-8-15(21)20-13)9-4-2-3-5-11(9)17/h2-7H,8,18H2,1H3,(H,20,21). The lowest BCUT2D eigenvalue weighted by Gasteiger charge is -2.14. The second-order valence-electron chi connectivity index (χ2n) is 4.83. The number of nitrogens with two attached hydrogens (primary N) is 1. The number of halogens is 1. The van der Waals surface area contributed by atoms with Crippen molar-refractivity contribution in [3.05, 3.63) is 52.5 Å². The number of methoxy groups -OCH3 is 1. The van der Waals surface area contributed by atoms with E-state index in [1.54, 1.807) is 18.2 Å². The topological polar surface area (TPSA) is 76.7 Å². The Hall–Kier alpha value is -2.53. The smallest absolute Gasteiger partial charge is 0.246 e. The van der Waals surface area contributed by atoms with Crippen LogP contribution in [-0.2, 0) is 4.79 Å². The summed E-state index contributed by atoms with van der Waals surface area (Å²) < 4.78 is 5.21. The molecule has 0 spiro atoms. The molecule has 2 aromatic carbocycles. The first-order valence-corrected chi connectivity index (χ1v) is 7.05. The summed E-state index contributed by atoms with van der Waals surface area (Å²) in [6.07, 6.45) is 0. The molecular formula is C16H14ClN3O2. The molecule has 0 bridgehead atoms. The van der Waals surface area contributed by atoms with Gasteiger partial charge in [-0.1, -0.05) is 29.8 Å². The third kappa shape index (κ3) is 2.51. The van der Waals surface area contributed by atoms with Crippen molar-refractivity contribution in [3.63, 3.8) is 0 Å². The largest absolute Gasteiger partial charge is 0.495 e. The highest BCUT2D eigenvalue weighted by atomic mass is 35.5. The van der Waals surface area contributed by atoms with Crippen molar-refractivity contribution in [2.24, 2.45) is 4.99 Å². The van der Waals surface area contributed by atoms with Crippen LogP contribution < -0.4 is 15.8 Å². The van der Waals surface area contributed by atoms with Crippen LogP contribution in [0.15, 0.2) is 41.4 Å². The molecule has 0 unspecified atom stereocenters. The van der Waals surface area contributed by atoms with Crippen LogP contribution in [0.1, 0.15) is 11.1 Å². The van der Waals surface area contributed by atoms with Crippen molar-refractivity contribution in [1.82, 2.24) is 0 Å². The fourth-order valence-electron chi connectivity index (χ4n) is 2.38. The predicted molar refractivity (Wildman–Crippen MR) is 88.0 cm³/mol. The average molecular weight is 316 g/mol. The quantitative estimate of drug-likeness (QED) is 0.837. The Morgan fingerprint density at radius 2 is 2.05 bits per heavy atom. The zero-order valence-electron chi connectivity index (χ0n) is 11.9. The van der Waals surface area contributed by atoms with E-state index in [1.165, 1.54) is 7.11 Å². The minimum Gasteiger partial charge on any atom is -0.495 e. The number of aliphatic imine (C=N–C) groups is 1. The Balaban J connectivity index is 2.23. The van der Waals surface area contributed by atoms with E-state index in [4.69, 9.17) is 22.1 Å². The van der Waals surface area contributed by atoms with Crippen molar-refractivity contribution < 1.29 is 9.53 Å². The molecule has 3 rings (SSSR count). The minimum atomic E-state index is -0.199. The lowest BCUT2D eigenvalue weighted by Crippen LogP contribution is -2.13. The predicted octanol–water partition coefficient (Wildman–Crippen LogP) is 2.72. The SMILES string of the molecule is COc1cc2c(cc1N)C(c1ccccc1Cl)=NCC(=O)N2. The van der Waals surface area contributed by atoms with E-state index in [2.05, 4.69) is 10.3 Å². The van der Waals surface area contributed by atoms with Crippen molar-refractivity contribution in [2.45, 2.75) is 0 Å². The first-order chi connectivity index (χ1) is 10.6. The molecule has 1 aliphatic heterocycles. The monoisotopic (exact) mass is 315 g/mol. The molecule has 1 heterocycles. The second kappa shape index (κ2) is 5.69. The molecule has 1 amide bonds. The normalized spacial score (nSPS) is 13.7. The average Bonchev–Trinajstić information content (AvgIpc) is 2.65. The maximum absolute atomic E-state index is 11.9. The van der Waals surface area contributed by atoms with Crippen molar-refractivity contribution in [3.8, 4) is 5.75 Å². The van der Waals surface area contributed by atoms with Gasteiger partial charge in [0.1, 0.15) is 12.3 Å². The number of nitrogen functional groups attached to an aromatic ring is 1. The molecule has 6 heteroatoms. The fraction of sp³-hybridized carbons (Fsp3) is 0.125. The van der Waals surface area contributed by atoms with Crippen LogP contribution in [0.5, 0.6) is 5.75 Å². The molecule has 2 aromatic rings. The van der Waals surface area contributed by atoms with Crippen molar-refractivity contribution in [1.29, 1.82) is 0 Å². The lowest BCUT2D eigenvalue weighted by molar-refractivity contribution is -0.114. The van der Waals surface area contributed by atoms with Gasteiger partial charge in [-0.25, -0.2) is 0 Å². The van der Waals surface area contributed by atoms with E-state index in [0.717, 1.165) is 11.1 Å². The zero-order chi connectivity index (χ0) is 15.7. The summed E-state index contributed by atoms with van der Waals surface area (Å²) in [5.74, 6) is 0.301. The van der Waals surface area contributed by atoms with Crippen LogP contribution in [0.3, 0.4) is 0 Å². The second-order valence-corrected chi connectivity index (χ2v) is 5.24. The van der Waals surface area contributed by atoms with E-state index in [1.807, 2.05) is 18.2 Å². The summed E-state index contributed by atoms with van der Waals surface area (Å²) >= 11 is 6.27. The van der Waals surface area contributed by atoms with Crippen LogP contribution in [0.25, 0.3) is 0 Å². The Morgan fingerprint density at radius 3 is 2.77 bits per heavy atom. The maximum Gasteiger partial charge on any atom is 0.246 e. The van der Waals surface area contributed by atoms with E-state index in [-0.39, 0.29) is 12.5 Å². The van der Waals surface area contributed by atoms with E-state index < -0.39 is 0 Å². The van der Waals surface area contributed by atoms with Crippen LogP contribution in [0.4, 0.5) is 11.4 Å². The lowest BCUT2D eigenvalue weighted by atomic mass is 9.99. The van der Waals surface area contributed by atoms with Gasteiger partial charge >= 0.3 is 0 Å². The highest BCUT2D eigenvalue weighted by Crippen LogP contribution is 2.33. The maximum atomic E-state index is 11.9. The van der Waals surface area contributed by atoms with Crippen LogP contribution in [0.2, 0.25) is 5.02 Å². The number of ether oxygens (including phenoxy) is 1. The molecule has 1 aliphatic rings. The first-order valence-electron chi connectivity index (χ1n) is 6.67. The van der Waals surface area contributed by atoms with Gasteiger partial charge in [0, 0.05) is 22.2 Å². The molecule has 0 saturated heterocycles. The van der Waals surface area contributed by atoms with Crippen LogP contribution in [0, 0.1) is 0 Å². The molecule has 3 N–H and O–H groups in total. The molecule has 22 heavy (non-hydrogen) atoms. The minimum absolute atomic E-state index is 0.0253. The molecule has 0 atom stereocenters. The Labute approximate surface area is 132 Å². The van der Waals surface area contributed by atoms with Gasteiger partial charge in [0.15, 0.2) is 0 Å². The summed E-state index contributed by atoms with van der Waals surface area (Å²) in [5.41, 5.74) is 9.18. The number of hydrogen-bond donors (Lipinski definition) is 2. The number of benzodiazepines with no additional fused rings is 1. The highest BCUT2D eigenvalue weighted by Gasteiger charge is 2.21. The third-order valence-corrected chi connectivity index (χ3v) is 3.74. The van der Waals surface area contributed by atoms with Gasteiger partial charge in [0.25, 0.3) is 0 Å². The molecule has 0 fully saturated rings. The molecule has 5 nitrogen and oxygen atoms in total. The summed E-state index contributed by atoms with van der Waals surface area (Å²) in [5, 5.41) is 3.38. The zero-order valence-corrected chi connectivity index (χ0v) is 12.6. The van der Waals surface area contributed by atoms with E-state index in [0.29, 0.717) is 27.9 Å². The first kappa shape index (κ1) is 14.4. The number of amides is 1. The summed E-state index contributed by atoms with van der Waals surface area (Å²) in [6, 6.07) is 10.8. The summed E-state index contributed by atoms with van der Waals surface area (Å²) in [6.45, 7) is 0.0253. The van der Waals surface area contributed by atoms with Gasteiger partial charge in [-0.2, -0.15) is 0 Å². The molecule has 0 saturated carbocycles. The van der Waals surface area contributed by atoms with Crippen LogP contribution >= 0.6 is 11.6 Å². The Morgan fingerprint density at radius 1 is 1.27 bits per heavy atom. The van der Waals surface area contributed by atoms with Gasteiger partial charge in [0.05, 0.1) is 24.2 Å². The molecule has 0 aliphatic carbocycles. The van der Waals surface area contributed by atoms with E-state index in [9.17, 15) is 4.79 Å². The van der Waals surface area contributed by atoms with Gasteiger partial charge in [-0.15, -0.1) is 0 Å². The number of nitrogens with zero attached hydrogens (tertiary/aromatic N) is 1. The van der Waals surface area contributed by atoms with Crippen molar-refractivity contribution >= 4 is 34.6 Å². The van der Waals surface area contributed by atoms with Gasteiger partial charge in [-0.3, -0.25) is 9.79 Å². The molecule has 0 aromatic heterocycles. The fourth-order valence-corrected chi connectivity index (χ4v) is 2.61. The molecule has 112 valence electrons. The van der Waals surface area contributed by atoms with Gasteiger partial charge in [-0.05, 0) is 12.1 Å². The number of carbonyl (C=O) groups is 1. The summed E-state index contributed by atoms with van der Waals surface area (Å²) in [7, 11) is 1.53. The Bertz CT molecular complexity index is 787. The molecule has 0 radical (unpaired) electrons. The third-order valence-electron chi connectivity index (χ3n) is 3.41. The number of anilines is 2. The number of fused-ring (bicyclic) bond motifs is 1. The summed E-state index contributed by atoms with van der Waals surface area (Å²) in [4.78, 5) is 16.3. The number of nitrogens with one attached hydrogen (secondary N) is 1. The van der Waals surface area contributed by atoms with Crippen LogP contribution in [-0.4, -0.2) is 25.3 Å². The highest BCUT2D eigenvalue weighted by molar-refractivity contribution is 6.36. The van der Waals surface area contributed by atoms with Gasteiger partial charge < -0.3 is 15.8 Å². The van der Waals surface area contributed by atoms with Gasteiger partial charge in [0.2, 0.25) is 5.91 Å². The number of benzene rings is 2. The Kier molecular flexibility index (Phi) is 3.73. The number of hydrogen-bond acceptors (Lipinski definition) is 4. The number of rotatable bonds is 2. The van der Waals surface area contributed by atoms with E-state index >= 15 is 0 Å². The van der Waals surface area contributed by atoms with Crippen molar-refractivity contribution in [2.75, 3.05) is 24.7 Å². The number of carbonyl (C=O) groups excluding carboxylic acids is 1.